The molecule has 0 aromatic carbocycles. The van der Waals surface area contributed by atoms with Crippen molar-refractivity contribution in [3.63, 3.8) is 0 Å². The molecule has 2 rings (SSSR count). The van der Waals surface area contributed by atoms with E-state index in [1.165, 1.54) is 5.69 Å². The zero-order chi connectivity index (χ0) is 9.85. The normalized spacial score (nSPS) is 30.5. The van der Waals surface area contributed by atoms with Crippen LogP contribution >= 0.6 is 0 Å². The molecule has 13 heavy (non-hydrogen) atoms. The summed E-state index contributed by atoms with van der Waals surface area (Å²) in [6, 6.07) is 2.09. The fourth-order valence-corrected chi connectivity index (χ4v) is 1.87. The van der Waals surface area contributed by atoms with Gasteiger partial charge in [-0.25, -0.2) is 0 Å². The van der Waals surface area contributed by atoms with Crippen LogP contribution in [0.1, 0.15) is 31.7 Å². The lowest BCUT2D eigenvalue weighted by Crippen LogP contribution is -2.26. The topological polar surface area (TPSA) is 43.8 Å². The maximum absolute atomic E-state index is 6.25. The summed E-state index contributed by atoms with van der Waals surface area (Å²) in [5, 5.41) is 4.43. The van der Waals surface area contributed by atoms with Crippen molar-refractivity contribution >= 4 is 0 Å². The highest BCUT2D eigenvalue weighted by Crippen LogP contribution is 2.59. The average molecular weight is 179 g/mol. The summed E-state index contributed by atoms with van der Waals surface area (Å²) < 4.78 is 1.89. The van der Waals surface area contributed by atoms with Gasteiger partial charge in [0.15, 0.2) is 0 Å². The van der Waals surface area contributed by atoms with Gasteiger partial charge in [0.2, 0.25) is 0 Å². The first-order valence-corrected chi connectivity index (χ1v) is 4.67. The van der Waals surface area contributed by atoms with E-state index >= 15 is 0 Å². The minimum atomic E-state index is -0.182. The summed E-state index contributed by atoms with van der Waals surface area (Å²) in [5.41, 5.74) is 8.49. The van der Waals surface area contributed by atoms with Crippen LogP contribution in [0, 0.1) is 12.3 Å². The summed E-state index contributed by atoms with van der Waals surface area (Å²) in [5.74, 6) is 0. The van der Waals surface area contributed by atoms with Crippen molar-refractivity contribution in [1.29, 1.82) is 0 Å². The molecule has 2 N–H and O–H groups in total. The van der Waals surface area contributed by atoms with Gasteiger partial charge < -0.3 is 5.73 Å². The van der Waals surface area contributed by atoms with Gasteiger partial charge in [-0.3, -0.25) is 4.68 Å². The first-order chi connectivity index (χ1) is 5.87. The van der Waals surface area contributed by atoms with Crippen LogP contribution in [-0.4, -0.2) is 9.78 Å². The highest BCUT2D eigenvalue weighted by molar-refractivity contribution is 5.30. The molecule has 72 valence electrons. The van der Waals surface area contributed by atoms with Crippen LogP contribution in [0.4, 0.5) is 0 Å². The van der Waals surface area contributed by atoms with Crippen molar-refractivity contribution in [2.75, 3.05) is 0 Å². The van der Waals surface area contributed by atoms with E-state index in [0.29, 0.717) is 0 Å². The van der Waals surface area contributed by atoms with Gasteiger partial charge in [0.1, 0.15) is 0 Å². The molecule has 0 amide bonds. The van der Waals surface area contributed by atoms with E-state index in [1.54, 1.807) is 0 Å². The quantitative estimate of drug-likeness (QED) is 0.706. The Bertz CT molecular complexity index is 332. The van der Waals surface area contributed by atoms with Crippen molar-refractivity contribution < 1.29 is 0 Å². The lowest BCUT2D eigenvalue weighted by molar-refractivity contribution is 0.493. The van der Waals surface area contributed by atoms with Gasteiger partial charge in [-0.15, -0.1) is 0 Å². The second kappa shape index (κ2) is 2.15. The van der Waals surface area contributed by atoms with Crippen LogP contribution in [0.3, 0.4) is 0 Å². The maximum atomic E-state index is 6.25. The van der Waals surface area contributed by atoms with Gasteiger partial charge in [0.25, 0.3) is 0 Å². The number of nitrogens with zero attached hydrogens (tertiary/aromatic N) is 2. The molecule has 1 aliphatic carbocycles. The van der Waals surface area contributed by atoms with Gasteiger partial charge in [-0.2, -0.15) is 5.10 Å². The van der Waals surface area contributed by atoms with E-state index in [9.17, 15) is 0 Å². The van der Waals surface area contributed by atoms with Crippen molar-refractivity contribution in [3.05, 3.63) is 17.5 Å². The molecule has 1 fully saturated rings. The van der Waals surface area contributed by atoms with Crippen LogP contribution in [0.25, 0.3) is 0 Å². The number of aromatic nitrogens is 2. The van der Waals surface area contributed by atoms with Gasteiger partial charge in [0, 0.05) is 12.7 Å². The Labute approximate surface area is 78.9 Å². The number of hydrogen-bond acceptors (Lipinski definition) is 2. The predicted molar refractivity (Wildman–Crippen MR) is 52.2 cm³/mol. The first kappa shape index (κ1) is 8.75. The monoisotopic (exact) mass is 179 g/mol. The molecule has 1 aliphatic rings. The van der Waals surface area contributed by atoms with Crippen LogP contribution in [-0.2, 0) is 12.6 Å². The van der Waals surface area contributed by atoms with Gasteiger partial charge in [0.05, 0.1) is 11.2 Å². The van der Waals surface area contributed by atoms with E-state index in [4.69, 9.17) is 5.73 Å². The molecule has 1 unspecified atom stereocenters. The Hall–Kier alpha value is -0.830. The Morgan fingerprint density at radius 3 is 2.38 bits per heavy atom. The van der Waals surface area contributed by atoms with E-state index < -0.39 is 0 Å². The zero-order valence-corrected chi connectivity index (χ0v) is 8.76. The van der Waals surface area contributed by atoms with Crippen molar-refractivity contribution in [2.24, 2.45) is 18.2 Å². The summed E-state index contributed by atoms with van der Waals surface area (Å²) in [7, 11) is 1.96. The van der Waals surface area contributed by atoms with E-state index in [1.807, 2.05) is 11.7 Å². The summed E-state index contributed by atoms with van der Waals surface area (Å²) in [6.07, 6.45) is 1.04. The molecule has 1 saturated carbocycles. The summed E-state index contributed by atoms with van der Waals surface area (Å²) in [6.45, 7) is 6.43. The number of nitrogens with two attached hydrogens (primary N) is 1. The smallest absolute Gasteiger partial charge is 0.0831 e. The minimum Gasteiger partial charge on any atom is -0.320 e. The molecule has 0 spiro atoms. The van der Waals surface area contributed by atoms with Crippen LogP contribution in [0.15, 0.2) is 6.07 Å². The van der Waals surface area contributed by atoms with Crippen LogP contribution in [0.2, 0.25) is 0 Å². The lowest BCUT2D eigenvalue weighted by atomic mass is 10.0. The Balaban J connectivity index is 2.38. The van der Waals surface area contributed by atoms with Gasteiger partial charge in [-0.05, 0) is 24.8 Å². The van der Waals surface area contributed by atoms with E-state index in [0.717, 1.165) is 12.1 Å². The van der Waals surface area contributed by atoms with Crippen LogP contribution in [0.5, 0.6) is 0 Å². The summed E-state index contributed by atoms with van der Waals surface area (Å²) in [4.78, 5) is 0. The lowest BCUT2D eigenvalue weighted by Gasteiger charge is -2.11. The highest BCUT2D eigenvalue weighted by atomic mass is 15.3. The second-order valence-corrected chi connectivity index (χ2v) is 4.83. The number of aryl methyl sites for hydroxylation is 2. The molecule has 0 radical (unpaired) electrons. The Morgan fingerprint density at radius 1 is 1.54 bits per heavy atom. The minimum absolute atomic E-state index is 0.182. The number of rotatable bonds is 1. The molecule has 0 aliphatic heterocycles. The highest BCUT2D eigenvalue weighted by Gasteiger charge is 2.61. The standard InChI is InChI=1S/C10H17N3/c1-7-5-8(12-13(7)4)10(11)6-9(10,2)3/h5H,6,11H2,1-4H3. The molecule has 1 aromatic heterocycles. The van der Waals surface area contributed by atoms with Crippen molar-refractivity contribution in [2.45, 2.75) is 32.7 Å². The first-order valence-electron chi connectivity index (χ1n) is 4.67. The zero-order valence-electron chi connectivity index (χ0n) is 8.76. The van der Waals surface area contributed by atoms with E-state index in [2.05, 4.69) is 31.9 Å². The van der Waals surface area contributed by atoms with Crippen molar-refractivity contribution in [1.82, 2.24) is 9.78 Å². The molecular weight excluding hydrogens is 162 g/mol. The summed E-state index contributed by atoms with van der Waals surface area (Å²) >= 11 is 0. The molecule has 1 aromatic rings. The van der Waals surface area contributed by atoms with E-state index in [-0.39, 0.29) is 11.0 Å². The number of hydrogen-bond donors (Lipinski definition) is 1. The molecule has 1 atom stereocenters. The SMILES string of the molecule is Cc1cc(C2(N)CC2(C)C)nn1C. The third-order valence-electron chi connectivity index (χ3n) is 3.37. The molecule has 0 bridgehead atoms. The largest absolute Gasteiger partial charge is 0.320 e. The average Bonchev–Trinajstić information content (AvgIpc) is 2.34. The van der Waals surface area contributed by atoms with Crippen LogP contribution < -0.4 is 5.73 Å². The predicted octanol–water partition coefficient (Wildman–Crippen LogP) is 1.31. The molecule has 0 saturated heterocycles. The third kappa shape index (κ3) is 1.03. The molecular formula is C10H17N3. The molecule has 1 heterocycles. The Kier molecular flexibility index (Phi) is 1.45. The second-order valence-electron chi connectivity index (χ2n) is 4.83. The third-order valence-corrected chi connectivity index (χ3v) is 3.37. The van der Waals surface area contributed by atoms with Gasteiger partial charge in [-0.1, -0.05) is 13.8 Å². The maximum Gasteiger partial charge on any atom is 0.0831 e. The molecule has 3 nitrogen and oxygen atoms in total. The van der Waals surface area contributed by atoms with Gasteiger partial charge >= 0.3 is 0 Å². The fraction of sp³-hybridized carbons (Fsp3) is 0.700. The van der Waals surface area contributed by atoms with Crippen molar-refractivity contribution in [3.8, 4) is 0 Å². The Morgan fingerprint density at radius 2 is 2.08 bits per heavy atom. The fourth-order valence-electron chi connectivity index (χ4n) is 1.87. The molecule has 3 heteroatoms.